The maximum absolute atomic E-state index is 12.6. The van der Waals surface area contributed by atoms with E-state index in [9.17, 15) is 4.79 Å². The van der Waals surface area contributed by atoms with Crippen molar-refractivity contribution in [2.24, 2.45) is 0 Å². The number of hydrogen-bond acceptors (Lipinski definition) is 3. The van der Waals surface area contributed by atoms with Gasteiger partial charge in [0.15, 0.2) is 0 Å². The van der Waals surface area contributed by atoms with Gasteiger partial charge in [0.05, 0.1) is 13.2 Å². The Morgan fingerprint density at radius 3 is 2.76 bits per heavy atom. The Bertz CT molecular complexity index is 747. The van der Waals surface area contributed by atoms with Gasteiger partial charge in [-0.25, -0.2) is 4.79 Å². The van der Waals surface area contributed by atoms with Gasteiger partial charge >= 0.3 is 6.03 Å². The van der Waals surface area contributed by atoms with Crippen molar-refractivity contribution in [3.8, 4) is 5.75 Å². The smallest absolute Gasteiger partial charge is 0.317 e. The second-order valence-corrected chi connectivity index (χ2v) is 6.55. The van der Waals surface area contributed by atoms with E-state index in [1.165, 1.54) is 0 Å². The number of rotatable bonds is 4. The molecule has 0 spiro atoms. The first-order chi connectivity index (χ1) is 12.1. The van der Waals surface area contributed by atoms with Crippen molar-refractivity contribution < 1.29 is 14.3 Å². The summed E-state index contributed by atoms with van der Waals surface area (Å²) >= 11 is 0. The number of benzene rings is 2. The highest BCUT2D eigenvalue weighted by Crippen LogP contribution is 2.28. The Hall–Kier alpha value is -2.27. The number of likely N-dealkylation sites (tertiary alicyclic amines) is 1. The second kappa shape index (κ2) is 7.74. The first kappa shape index (κ1) is 17.5. The van der Waals surface area contributed by atoms with Gasteiger partial charge in [-0.3, -0.25) is 0 Å². The van der Waals surface area contributed by atoms with Crippen molar-refractivity contribution in [2.45, 2.75) is 38.5 Å². The summed E-state index contributed by atoms with van der Waals surface area (Å²) in [6, 6.07) is 12.3. The molecule has 134 valence electrons. The predicted octanol–water partition coefficient (Wildman–Crippen LogP) is 3.56. The second-order valence-electron chi connectivity index (χ2n) is 6.55. The van der Waals surface area contributed by atoms with Crippen molar-refractivity contribution in [1.29, 1.82) is 0 Å². The van der Waals surface area contributed by atoms with Crippen LogP contribution in [0.4, 0.5) is 4.79 Å². The van der Waals surface area contributed by atoms with Crippen LogP contribution in [0.25, 0.3) is 10.8 Å². The number of nitrogens with one attached hydrogen (secondary N) is 1. The quantitative estimate of drug-likeness (QED) is 0.924. The van der Waals surface area contributed by atoms with Crippen LogP contribution in [-0.2, 0) is 11.3 Å². The van der Waals surface area contributed by atoms with Crippen LogP contribution in [0.5, 0.6) is 5.75 Å². The topological polar surface area (TPSA) is 50.8 Å². The van der Waals surface area contributed by atoms with Crippen LogP contribution in [0.3, 0.4) is 0 Å². The Kier molecular flexibility index (Phi) is 5.43. The van der Waals surface area contributed by atoms with Crippen molar-refractivity contribution in [2.75, 3.05) is 20.8 Å². The zero-order chi connectivity index (χ0) is 17.8. The Labute approximate surface area is 148 Å². The number of carbonyl (C=O) groups excluding carboxylic acids is 1. The number of piperidine rings is 1. The van der Waals surface area contributed by atoms with Gasteiger partial charge in [-0.15, -0.1) is 0 Å². The molecule has 5 nitrogen and oxygen atoms in total. The van der Waals surface area contributed by atoms with Crippen molar-refractivity contribution >= 4 is 16.8 Å². The van der Waals surface area contributed by atoms with Gasteiger partial charge in [-0.2, -0.15) is 0 Å². The molecule has 1 fully saturated rings. The van der Waals surface area contributed by atoms with E-state index < -0.39 is 0 Å². The first-order valence-electron chi connectivity index (χ1n) is 8.76. The fourth-order valence-electron chi connectivity index (χ4n) is 3.60. The monoisotopic (exact) mass is 342 g/mol. The van der Waals surface area contributed by atoms with Gasteiger partial charge in [-0.1, -0.05) is 30.3 Å². The average molecular weight is 342 g/mol. The molecule has 0 saturated carbocycles. The first-order valence-corrected chi connectivity index (χ1v) is 8.76. The number of ether oxygens (including phenoxy) is 2. The van der Waals surface area contributed by atoms with Crippen molar-refractivity contribution in [3.63, 3.8) is 0 Å². The molecule has 1 aliphatic rings. The number of carbonyl (C=O) groups is 1. The minimum atomic E-state index is -0.0305. The fraction of sp³-hybridized carbons (Fsp3) is 0.450. The lowest BCUT2D eigenvalue weighted by Gasteiger charge is -2.37. The van der Waals surface area contributed by atoms with E-state index in [-0.39, 0.29) is 18.2 Å². The standard InChI is InChI=1S/C20H26N2O3/c1-14-12-16(24-2)10-11-22(14)20(23)21-13-18-17-7-5-4-6-15(17)8-9-19(18)25-3/h4-9,14,16H,10-13H2,1-3H3,(H,21,23)/t14-,16-/m1/s1. The fourth-order valence-corrected chi connectivity index (χ4v) is 3.60. The lowest BCUT2D eigenvalue weighted by Crippen LogP contribution is -2.50. The summed E-state index contributed by atoms with van der Waals surface area (Å²) in [5.74, 6) is 0.796. The molecule has 0 bridgehead atoms. The van der Waals surface area contributed by atoms with E-state index in [4.69, 9.17) is 9.47 Å². The largest absolute Gasteiger partial charge is 0.496 e. The Morgan fingerprint density at radius 1 is 1.24 bits per heavy atom. The number of amides is 2. The molecule has 3 rings (SSSR count). The lowest BCUT2D eigenvalue weighted by molar-refractivity contribution is 0.0293. The molecule has 0 aromatic heterocycles. The van der Waals surface area contributed by atoms with Crippen LogP contribution in [-0.4, -0.2) is 43.8 Å². The SMILES string of the molecule is COc1ccc2ccccc2c1CNC(=O)N1CC[C@@H](OC)C[C@H]1C. The van der Waals surface area contributed by atoms with E-state index in [2.05, 4.69) is 24.4 Å². The maximum Gasteiger partial charge on any atom is 0.317 e. The molecule has 1 N–H and O–H groups in total. The van der Waals surface area contributed by atoms with Crippen LogP contribution in [0.2, 0.25) is 0 Å². The minimum Gasteiger partial charge on any atom is -0.496 e. The molecule has 2 aromatic rings. The summed E-state index contributed by atoms with van der Waals surface area (Å²) in [4.78, 5) is 14.5. The van der Waals surface area contributed by atoms with Gasteiger partial charge in [0.1, 0.15) is 5.75 Å². The van der Waals surface area contributed by atoms with Crippen LogP contribution >= 0.6 is 0 Å². The molecule has 1 aliphatic heterocycles. The molecule has 25 heavy (non-hydrogen) atoms. The van der Waals surface area contributed by atoms with Gasteiger partial charge in [-0.05, 0) is 36.6 Å². The molecule has 2 aromatic carbocycles. The minimum absolute atomic E-state index is 0.0305. The summed E-state index contributed by atoms with van der Waals surface area (Å²) in [5.41, 5.74) is 1.01. The van der Waals surface area contributed by atoms with Crippen LogP contribution in [0.1, 0.15) is 25.3 Å². The normalized spacial score (nSPS) is 20.5. The van der Waals surface area contributed by atoms with E-state index >= 15 is 0 Å². The molecule has 0 unspecified atom stereocenters. The van der Waals surface area contributed by atoms with E-state index in [0.717, 1.165) is 41.5 Å². The predicted molar refractivity (Wildman–Crippen MR) is 98.9 cm³/mol. The molecule has 1 saturated heterocycles. The number of nitrogens with zero attached hydrogens (tertiary/aromatic N) is 1. The Balaban J connectivity index is 1.73. The molecule has 2 atom stereocenters. The van der Waals surface area contributed by atoms with Gasteiger partial charge in [0.2, 0.25) is 0 Å². The maximum atomic E-state index is 12.6. The highest BCUT2D eigenvalue weighted by atomic mass is 16.5. The third kappa shape index (κ3) is 3.71. The molecule has 5 heteroatoms. The van der Waals surface area contributed by atoms with E-state index in [1.54, 1.807) is 14.2 Å². The molecular formula is C20H26N2O3. The molecular weight excluding hydrogens is 316 g/mol. The summed E-state index contributed by atoms with van der Waals surface area (Å²) < 4.78 is 10.9. The van der Waals surface area contributed by atoms with Crippen molar-refractivity contribution in [3.05, 3.63) is 42.0 Å². The number of urea groups is 1. The average Bonchev–Trinajstić information content (AvgIpc) is 2.65. The summed E-state index contributed by atoms with van der Waals surface area (Å²) in [5, 5.41) is 5.31. The van der Waals surface area contributed by atoms with Gasteiger partial charge in [0.25, 0.3) is 0 Å². The van der Waals surface area contributed by atoms with Crippen LogP contribution in [0, 0.1) is 0 Å². The highest BCUT2D eigenvalue weighted by molar-refractivity contribution is 5.88. The number of hydrogen-bond donors (Lipinski definition) is 1. The number of fused-ring (bicyclic) bond motifs is 1. The molecule has 0 radical (unpaired) electrons. The van der Waals surface area contributed by atoms with E-state index in [0.29, 0.717) is 6.54 Å². The lowest BCUT2D eigenvalue weighted by atomic mass is 10.0. The molecule has 1 heterocycles. The third-order valence-corrected chi connectivity index (χ3v) is 5.06. The molecule has 2 amide bonds. The zero-order valence-electron chi connectivity index (χ0n) is 15.1. The van der Waals surface area contributed by atoms with Crippen molar-refractivity contribution in [1.82, 2.24) is 10.2 Å². The van der Waals surface area contributed by atoms with Gasteiger partial charge < -0.3 is 19.7 Å². The van der Waals surface area contributed by atoms with Crippen LogP contribution < -0.4 is 10.1 Å². The third-order valence-electron chi connectivity index (χ3n) is 5.06. The summed E-state index contributed by atoms with van der Waals surface area (Å²) in [6.07, 6.45) is 2.00. The highest BCUT2D eigenvalue weighted by Gasteiger charge is 2.28. The summed E-state index contributed by atoms with van der Waals surface area (Å²) in [7, 11) is 3.40. The zero-order valence-corrected chi connectivity index (χ0v) is 15.1. The van der Waals surface area contributed by atoms with Crippen LogP contribution in [0.15, 0.2) is 36.4 Å². The molecule has 0 aliphatic carbocycles. The van der Waals surface area contributed by atoms with Gasteiger partial charge in [0, 0.05) is 31.8 Å². The number of methoxy groups -OCH3 is 2. The van der Waals surface area contributed by atoms with E-state index in [1.807, 2.05) is 29.2 Å². The summed E-state index contributed by atoms with van der Waals surface area (Å²) in [6.45, 7) is 3.24. The Morgan fingerprint density at radius 2 is 2.04 bits per heavy atom.